The van der Waals surface area contributed by atoms with Gasteiger partial charge in [0.25, 0.3) is 0 Å². The minimum atomic E-state index is -3.92. The maximum Gasteiger partial charge on any atom is 0.545 e. The van der Waals surface area contributed by atoms with Crippen molar-refractivity contribution in [2.75, 3.05) is 32.4 Å². The van der Waals surface area contributed by atoms with Crippen LogP contribution in [0.4, 0.5) is 14.4 Å². The van der Waals surface area contributed by atoms with E-state index in [1.54, 1.807) is 44.7 Å². The lowest BCUT2D eigenvalue weighted by Crippen LogP contribution is -2.41. The first-order chi connectivity index (χ1) is 22.2. The molecule has 0 radical (unpaired) electrons. The molecule has 3 amide bonds. The van der Waals surface area contributed by atoms with Gasteiger partial charge in [-0.05, 0) is 56.0 Å². The fourth-order valence-corrected chi connectivity index (χ4v) is 6.11. The fraction of sp³-hybridized carbons (Fsp3) is 0.607. The van der Waals surface area contributed by atoms with Gasteiger partial charge in [-0.3, -0.25) is 13.8 Å². The first-order valence-electron chi connectivity index (χ1n) is 14.8. The van der Waals surface area contributed by atoms with E-state index in [-0.39, 0.29) is 23.8 Å². The van der Waals surface area contributed by atoms with E-state index in [2.05, 4.69) is 13.9 Å². The molecule has 48 heavy (non-hydrogen) atoms. The topological polar surface area (TPSA) is 230 Å². The van der Waals surface area contributed by atoms with Gasteiger partial charge in [0.15, 0.2) is 9.84 Å². The number of carbonyl (C=O) groups excluding carboxylic acids is 5. The van der Waals surface area contributed by atoms with Gasteiger partial charge in [-0.15, -0.1) is 5.48 Å². The summed E-state index contributed by atoms with van der Waals surface area (Å²) in [5.41, 5.74) is 2.07. The van der Waals surface area contributed by atoms with Crippen molar-refractivity contribution < 1.29 is 64.1 Å². The molecule has 3 aliphatic heterocycles. The number of hydroxylamine groups is 1. The Kier molecular flexibility index (Phi) is 14.4. The van der Waals surface area contributed by atoms with Crippen LogP contribution in [0.25, 0.3) is 0 Å². The van der Waals surface area contributed by atoms with E-state index >= 15 is 0 Å². The van der Waals surface area contributed by atoms with Crippen molar-refractivity contribution in [2.45, 2.75) is 82.8 Å². The average Bonchev–Trinajstić information content (AvgIpc) is 3.31. The van der Waals surface area contributed by atoms with E-state index < -0.39 is 44.1 Å². The maximum atomic E-state index is 11.8. The second kappa shape index (κ2) is 17.3. The second-order valence-corrected chi connectivity index (χ2v) is 15.1. The molecule has 1 aromatic carbocycles. The summed E-state index contributed by atoms with van der Waals surface area (Å²) in [7, 11) is -7.11. The van der Waals surface area contributed by atoms with E-state index in [9.17, 15) is 40.8 Å². The lowest BCUT2D eigenvalue weighted by molar-refractivity contribution is -0.131. The van der Waals surface area contributed by atoms with E-state index in [1.807, 2.05) is 22.5 Å². The zero-order chi connectivity index (χ0) is 36.3. The van der Waals surface area contributed by atoms with Gasteiger partial charge in [0.1, 0.15) is 11.7 Å². The molecular formula is C28H42N4O14S2. The number of amides is 3. The molecule has 3 saturated heterocycles. The molecule has 18 nitrogen and oxygen atoms in total. The number of carbonyl (C=O) groups is 5. The quantitative estimate of drug-likeness (QED) is 0.259. The van der Waals surface area contributed by atoms with Gasteiger partial charge in [-0.2, -0.15) is 8.42 Å². The van der Waals surface area contributed by atoms with Crippen molar-refractivity contribution in [3.63, 3.8) is 0 Å². The van der Waals surface area contributed by atoms with Crippen molar-refractivity contribution in [1.82, 2.24) is 20.2 Å². The highest BCUT2D eigenvalue weighted by Gasteiger charge is 2.29. The number of nitrogens with zero attached hydrogens (tertiary/aromatic N) is 2. The number of hydrogen-bond donors (Lipinski definition) is 2. The number of hydrogen-bond acceptors (Lipinski definition) is 14. The lowest BCUT2D eigenvalue weighted by atomic mass is 9.89. The minimum absolute atomic E-state index is 0.00242. The highest BCUT2D eigenvalue weighted by atomic mass is 32.2. The lowest BCUT2D eigenvalue weighted by Gasteiger charge is -2.32. The Balaban J connectivity index is 0.000000272. The smallest absolute Gasteiger partial charge is 0.442 e. The van der Waals surface area contributed by atoms with Crippen molar-refractivity contribution in [3.05, 3.63) is 29.8 Å². The Bertz CT molecular complexity index is 1530. The van der Waals surface area contributed by atoms with Gasteiger partial charge in [-0.1, -0.05) is 18.2 Å². The molecule has 3 heterocycles. The van der Waals surface area contributed by atoms with Gasteiger partial charge in [0.05, 0.1) is 4.90 Å². The molecule has 0 unspecified atom stereocenters. The Labute approximate surface area is 279 Å². The molecular weight excluding hydrogens is 680 g/mol. The van der Waals surface area contributed by atoms with Crippen molar-refractivity contribution in [2.24, 2.45) is 0 Å². The summed E-state index contributed by atoms with van der Waals surface area (Å²) in [6.45, 7) is 10.6. The summed E-state index contributed by atoms with van der Waals surface area (Å²) in [6.07, 6.45) is 0.531. The van der Waals surface area contributed by atoms with E-state index in [4.69, 9.17) is 9.47 Å². The van der Waals surface area contributed by atoms with Crippen LogP contribution < -0.4 is 10.4 Å². The van der Waals surface area contributed by atoms with E-state index in [0.717, 1.165) is 18.4 Å². The number of sulfone groups is 1. The van der Waals surface area contributed by atoms with Gasteiger partial charge in [0.2, 0.25) is 11.8 Å². The molecule has 0 spiro atoms. The van der Waals surface area contributed by atoms with Crippen LogP contribution in [0.5, 0.6) is 0 Å². The van der Waals surface area contributed by atoms with Crippen LogP contribution >= 0.6 is 0 Å². The molecule has 3 fully saturated rings. The number of ether oxygens (including phenoxy) is 2. The van der Waals surface area contributed by atoms with Crippen molar-refractivity contribution in [1.29, 1.82) is 0 Å². The molecule has 0 bridgehead atoms. The summed E-state index contributed by atoms with van der Waals surface area (Å²) in [4.78, 5) is 68.3. The van der Waals surface area contributed by atoms with Crippen LogP contribution in [0.15, 0.2) is 29.2 Å². The van der Waals surface area contributed by atoms with Crippen LogP contribution in [0.3, 0.4) is 0 Å². The predicted molar refractivity (Wildman–Crippen MR) is 166 cm³/mol. The highest BCUT2D eigenvalue weighted by Crippen LogP contribution is 2.32. The van der Waals surface area contributed by atoms with Gasteiger partial charge >= 0.3 is 28.7 Å². The monoisotopic (exact) mass is 722 g/mol. The van der Waals surface area contributed by atoms with Gasteiger partial charge in [-0.25, -0.2) is 22.8 Å². The molecule has 0 aliphatic carbocycles. The third-order valence-electron chi connectivity index (χ3n) is 6.87. The minimum Gasteiger partial charge on any atom is -0.442 e. The molecule has 0 saturated carbocycles. The Hall–Kier alpha value is -4.17. The zero-order valence-electron chi connectivity index (χ0n) is 27.5. The molecule has 0 aromatic heterocycles. The SMILES string of the molecule is CC(=O)N1CCC(OC(=O)ONC(=O)OC(C)(C)C)CC1.CC(=O)N1CCC(c2ccccc2S(C)(=O)=O)CC1.O=C1ONS(=O)(=O)O1. The molecule has 270 valence electrons. The van der Waals surface area contributed by atoms with Gasteiger partial charge in [0, 0.05) is 59.1 Å². The van der Waals surface area contributed by atoms with Gasteiger partial charge < -0.3 is 28.9 Å². The third-order valence-corrected chi connectivity index (χ3v) is 8.68. The number of likely N-dealkylation sites (tertiary alicyclic amines) is 2. The molecule has 20 heteroatoms. The molecule has 3 aliphatic rings. The maximum absolute atomic E-state index is 11.8. The Morgan fingerprint density at radius 1 is 0.938 bits per heavy atom. The normalized spacial score (nSPS) is 18.0. The van der Waals surface area contributed by atoms with Crippen LogP contribution in [-0.2, 0) is 53.1 Å². The number of rotatable bonds is 3. The molecule has 4 rings (SSSR count). The zero-order valence-corrected chi connectivity index (χ0v) is 29.2. The van der Waals surface area contributed by atoms with Crippen molar-refractivity contribution >= 4 is 50.4 Å². The first kappa shape index (κ1) is 40.0. The Morgan fingerprint density at radius 3 is 1.88 bits per heavy atom. The predicted octanol–water partition coefficient (Wildman–Crippen LogP) is 2.31. The summed E-state index contributed by atoms with van der Waals surface area (Å²) >= 11 is 0. The largest absolute Gasteiger partial charge is 0.545 e. The van der Waals surface area contributed by atoms with Crippen LogP contribution in [0.1, 0.15) is 71.8 Å². The average molecular weight is 723 g/mol. The van der Waals surface area contributed by atoms with Crippen LogP contribution in [0.2, 0.25) is 0 Å². The Morgan fingerprint density at radius 2 is 1.46 bits per heavy atom. The summed E-state index contributed by atoms with van der Waals surface area (Å²) in [6, 6.07) is 7.19. The first-order valence-corrected chi connectivity index (χ1v) is 18.0. The van der Waals surface area contributed by atoms with E-state index in [0.29, 0.717) is 43.9 Å². The third kappa shape index (κ3) is 14.3. The van der Waals surface area contributed by atoms with Crippen LogP contribution in [-0.4, -0.2) is 101 Å². The number of piperidine rings is 2. The van der Waals surface area contributed by atoms with E-state index in [1.165, 1.54) is 18.1 Å². The highest BCUT2D eigenvalue weighted by molar-refractivity contribution is 7.90. The molecule has 1 aromatic rings. The summed E-state index contributed by atoms with van der Waals surface area (Å²) < 4.78 is 57.0. The summed E-state index contributed by atoms with van der Waals surface area (Å²) in [5, 5.41) is 0. The molecule has 2 N–H and O–H groups in total. The summed E-state index contributed by atoms with van der Waals surface area (Å²) in [5.74, 6) is 0.319. The van der Waals surface area contributed by atoms with Crippen LogP contribution in [0, 0.1) is 0 Å². The number of benzene rings is 1. The van der Waals surface area contributed by atoms with Crippen molar-refractivity contribution in [3.8, 4) is 0 Å². The number of nitrogens with one attached hydrogen (secondary N) is 2. The standard InChI is InChI=1S/C14H19NO3S.C13H22N2O6.CHNO5S/c1-11(16)15-9-7-12(8-10-15)13-5-3-4-6-14(13)19(2,17)18;1-9(16)15-7-5-10(6-8-15)19-12(18)21-14-11(17)20-13(2,3)4;3-1-6-2-8(4,5)7-1/h3-6,12H,7-10H2,1-2H3;10H,5-8H2,1-4H3,(H,14,17);2H. The second-order valence-electron chi connectivity index (χ2n) is 11.8. The fourth-order valence-electron chi connectivity index (χ4n) is 4.70. The molecule has 0 atom stereocenters.